The third-order valence-corrected chi connectivity index (χ3v) is 13.7. The molecule has 12 aromatic carbocycles. The predicted molar refractivity (Wildman–Crippen MR) is 290 cm³/mol. The van der Waals surface area contributed by atoms with Crippen molar-refractivity contribution >= 4 is 71.2 Å². The van der Waals surface area contributed by atoms with E-state index in [1.165, 1.54) is 93.1 Å². The van der Waals surface area contributed by atoms with E-state index in [4.69, 9.17) is 0 Å². The van der Waals surface area contributed by atoms with Crippen molar-refractivity contribution in [3.63, 3.8) is 0 Å². The maximum atomic E-state index is 2.42. The highest BCUT2D eigenvalue weighted by Gasteiger charge is 2.19. The van der Waals surface area contributed by atoms with E-state index < -0.39 is 0 Å². The van der Waals surface area contributed by atoms with Gasteiger partial charge in [0.05, 0.1) is 11.0 Å². The molecule has 2 nitrogen and oxygen atoms in total. The molecular formula is C66H44N2. The van der Waals surface area contributed by atoms with Crippen molar-refractivity contribution in [1.29, 1.82) is 0 Å². The Balaban J connectivity index is 0.939. The zero-order valence-corrected chi connectivity index (χ0v) is 37.3. The summed E-state index contributed by atoms with van der Waals surface area (Å²) in [5.74, 6) is 0. The van der Waals surface area contributed by atoms with E-state index in [2.05, 4.69) is 276 Å². The number of rotatable bonds is 8. The van der Waals surface area contributed by atoms with Crippen LogP contribution in [0.2, 0.25) is 0 Å². The van der Waals surface area contributed by atoms with Gasteiger partial charge in [0.2, 0.25) is 0 Å². The minimum atomic E-state index is 1.08. The molecule has 0 N–H and O–H groups in total. The summed E-state index contributed by atoms with van der Waals surface area (Å²) in [6.07, 6.45) is 0. The summed E-state index contributed by atoms with van der Waals surface area (Å²) in [6.45, 7) is 0. The molecule has 2 heteroatoms. The van der Waals surface area contributed by atoms with Crippen molar-refractivity contribution < 1.29 is 0 Å². The third kappa shape index (κ3) is 6.90. The van der Waals surface area contributed by atoms with E-state index in [-0.39, 0.29) is 0 Å². The van der Waals surface area contributed by atoms with Crippen LogP contribution in [0, 0.1) is 0 Å². The Morgan fingerprint density at radius 2 is 0.765 bits per heavy atom. The molecule has 0 radical (unpaired) electrons. The van der Waals surface area contributed by atoms with Crippen LogP contribution in [0.25, 0.3) is 104 Å². The molecule has 0 amide bonds. The first-order chi connectivity index (χ1) is 33.7. The smallest absolute Gasteiger partial charge is 0.0547 e. The van der Waals surface area contributed by atoms with E-state index in [0.717, 1.165) is 28.3 Å². The van der Waals surface area contributed by atoms with Crippen LogP contribution in [0.3, 0.4) is 0 Å². The zero-order chi connectivity index (χ0) is 45.0. The highest BCUT2D eigenvalue weighted by molar-refractivity contribution is 6.16. The Labute approximate surface area is 395 Å². The molecule has 0 bridgehead atoms. The van der Waals surface area contributed by atoms with Gasteiger partial charge in [-0.3, -0.25) is 0 Å². The largest absolute Gasteiger partial charge is 0.310 e. The first-order valence-corrected chi connectivity index (χ1v) is 23.4. The first kappa shape index (κ1) is 39.4. The summed E-state index contributed by atoms with van der Waals surface area (Å²) in [5, 5.41) is 10.0. The Bertz CT molecular complexity index is 4000. The maximum Gasteiger partial charge on any atom is 0.0547 e. The van der Waals surface area contributed by atoms with Gasteiger partial charge in [0.1, 0.15) is 0 Å². The number of benzene rings is 12. The Morgan fingerprint density at radius 1 is 0.250 bits per heavy atom. The molecule has 0 atom stereocenters. The Morgan fingerprint density at radius 3 is 1.51 bits per heavy atom. The van der Waals surface area contributed by atoms with Gasteiger partial charge in [0.25, 0.3) is 0 Å². The molecule has 0 aliphatic rings. The maximum absolute atomic E-state index is 2.42. The summed E-state index contributed by atoms with van der Waals surface area (Å²) in [5.41, 5.74) is 16.3. The summed E-state index contributed by atoms with van der Waals surface area (Å²) < 4.78 is 2.42. The monoisotopic (exact) mass is 864 g/mol. The lowest BCUT2D eigenvalue weighted by Gasteiger charge is -2.26. The predicted octanol–water partition coefficient (Wildman–Crippen LogP) is 18.4. The lowest BCUT2D eigenvalue weighted by Crippen LogP contribution is -2.10. The quantitative estimate of drug-likeness (QED) is 0.138. The molecular weight excluding hydrogens is 821 g/mol. The highest BCUT2D eigenvalue weighted by Crippen LogP contribution is 2.43. The van der Waals surface area contributed by atoms with Crippen LogP contribution < -0.4 is 4.90 Å². The lowest BCUT2D eigenvalue weighted by molar-refractivity contribution is 1.18. The van der Waals surface area contributed by atoms with Gasteiger partial charge in [0, 0.05) is 33.5 Å². The second-order valence-electron chi connectivity index (χ2n) is 17.7. The van der Waals surface area contributed by atoms with E-state index in [1.807, 2.05) is 0 Å². The van der Waals surface area contributed by atoms with E-state index in [9.17, 15) is 0 Å². The van der Waals surface area contributed by atoms with Crippen LogP contribution in [-0.2, 0) is 0 Å². The summed E-state index contributed by atoms with van der Waals surface area (Å²) >= 11 is 0. The number of hydrogen-bond donors (Lipinski definition) is 0. The van der Waals surface area contributed by atoms with Crippen molar-refractivity contribution in [1.82, 2.24) is 4.57 Å². The van der Waals surface area contributed by atoms with Crippen LogP contribution in [0.4, 0.5) is 17.1 Å². The molecule has 0 unspecified atom stereocenters. The topological polar surface area (TPSA) is 8.17 Å². The molecule has 13 aromatic rings. The first-order valence-electron chi connectivity index (χ1n) is 23.4. The van der Waals surface area contributed by atoms with Crippen LogP contribution >= 0.6 is 0 Å². The third-order valence-electron chi connectivity index (χ3n) is 13.7. The summed E-state index contributed by atoms with van der Waals surface area (Å²) in [4.78, 5) is 2.39. The van der Waals surface area contributed by atoms with E-state index in [1.54, 1.807) is 0 Å². The van der Waals surface area contributed by atoms with Crippen molar-refractivity contribution in [2.45, 2.75) is 0 Å². The number of aromatic nitrogens is 1. The van der Waals surface area contributed by atoms with Crippen LogP contribution in [-0.4, -0.2) is 4.57 Å². The van der Waals surface area contributed by atoms with Crippen molar-refractivity contribution in [3.8, 4) is 50.2 Å². The lowest BCUT2D eigenvalue weighted by atomic mass is 9.97. The normalized spacial score (nSPS) is 11.5. The molecule has 0 aliphatic carbocycles. The molecule has 318 valence electrons. The molecule has 0 spiro atoms. The Hall–Kier alpha value is -8.98. The number of fused-ring (bicyclic) bond motifs is 7. The minimum Gasteiger partial charge on any atom is -0.310 e. The van der Waals surface area contributed by atoms with Gasteiger partial charge in [-0.05, 0) is 150 Å². The van der Waals surface area contributed by atoms with Crippen molar-refractivity contribution in [2.24, 2.45) is 0 Å². The standard InChI is InChI=1S/C66H44N2/c1-3-13-45(14-4-1)53-34-40-63-65(44-53)68(56-19-5-2-6-20-56)64-24-12-23-62(66(63)64)54-18-11-21-59(43-54)67(57-35-29-47(30-36-57)51-27-25-46-15-7-8-17-50(46)41-51)58-37-31-48(32-38-58)52-33-39-61-55(42-52)28-26-49-16-9-10-22-60(49)61/h1-44H. The fraction of sp³-hybridized carbons (Fsp3) is 0. The molecule has 0 aliphatic heterocycles. The van der Waals surface area contributed by atoms with Gasteiger partial charge in [-0.25, -0.2) is 0 Å². The number of nitrogens with zero attached hydrogens (tertiary/aromatic N) is 2. The average Bonchev–Trinajstić information content (AvgIpc) is 3.75. The van der Waals surface area contributed by atoms with Crippen molar-refractivity contribution in [2.75, 3.05) is 4.90 Å². The van der Waals surface area contributed by atoms with Crippen LogP contribution in [0.5, 0.6) is 0 Å². The van der Waals surface area contributed by atoms with Gasteiger partial charge in [0.15, 0.2) is 0 Å². The number of hydrogen-bond acceptors (Lipinski definition) is 1. The molecule has 0 saturated heterocycles. The second-order valence-corrected chi connectivity index (χ2v) is 17.7. The highest BCUT2D eigenvalue weighted by atomic mass is 15.1. The van der Waals surface area contributed by atoms with Gasteiger partial charge in [-0.1, -0.05) is 194 Å². The van der Waals surface area contributed by atoms with Crippen LogP contribution in [0.1, 0.15) is 0 Å². The fourth-order valence-electron chi connectivity index (χ4n) is 10.4. The average molecular weight is 865 g/mol. The molecule has 13 rings (SSSR count). The molecule has 0 fully saturated rings. The minimum absolute atomic E-state index is 1.08. The van der Waals surface area contributed by atoms with Gasteiger partial charge >= 0.3 is 0 Å². The Kier molecular flexibility index (Phi) is 9.54. The molecule has 1 heterocycles. The number of anilines is 3. The van der Waals surface area contributed by atoms with Gasteiger partial charge in [-0.2, -0.15) is 0 Å². The summed E-state index contributed by atoms with van der Waals surface area (Å²) in [6, 6.07) is 97.5. The van der Waals surface area contributed by atoms with Gasteiger partial charge in [-0.15, -0.1) is 0 Å². The SMILES string of the molecule is c1ccc(-c2ccc3c4c(-c5cccc(N(c6ccc(-c7ccc8ccccc8c7)cc6)c6ccc(-c7ccc8c(ccc9ccccc98)c7)cc6)c5)cccc4n(-c4ccccc4)c3c2)cc1. The second kappa shape index (κ2) is 16.5. The zero-order valence-electron chi connectivity index (χ0n) is 37.3. The van der Waals surface area contributed by atoms with E-state index >= 15 is 0 Å². The van der Waals surface area contributed by atoms with E-state index in [0.29, 0.717) is 0 Å². The van der Waals surface area contributed by atoms with Crippen LogP contribution in [0.15, 0.2) is 267 Å². The fourth-order valence-corrected chi connectivity index (χ4v) is 10.4. The summed E-state index contributed by atoms with van der Waals surface area (Å²) in [7, 11) is 0. The molecule has 0 saturated carbocycles. The number of para-hydroxylation sites is 1. The molecule has 1 aromatic heterocycles. The van der Waals surface area contributed by atoms with Crippen molar-refractivity contribution in [3.05, 3.63) is 267 Å². The van der Waals surface area contributed by atoms with Gasteiger partial charge < -0.3 is 9.47 Å². The molecule has 68 heavy (non-hydrogen) atoms.